The Kier molecular flexibility index (Phi) is 7.47. The van der Waals surface area contributed by atoms with Gasteiger partial charge in [0.15, 0.2) is 0 Å². The number of nitrogens with one attached hydrogen (secondary N) is 1. The molecule has 8 nitrogen and oxygen atoms in total. The Morgan fingerprint density at radius 3 is 2.34 bits per heavy atom. The number of aromatic nitrogens is 2. The van der Waals surface area contributed by atoms with Crippen molar-refractivity contribution in [1.29, 1.82) is 0 Å². The van der Waals surface area contributed by atoms with Gasteiger partial charge in [-0.05, 0) is 53.9 Å². The molecule has 200 valence electrons. The van der Waals surface area contributed by atoms with Gasteiger partial charge in [-0.1, -0.05) is 36.4 Å². The maximum Gasteiger partial charge on any atom is 0.407 e. The lowest BCUT2D eigenvalue weighted by Gasteiger charge is -2.23. The normalized spacial score (nSPS) is 12.9. The topological polar surface area (TPSA) is 114 Å². The summed E-state index contributed by atoms with van der Waals surface area (Å²) in [5, 5.41) is 10.7. The number of hydrogen-bond donors (Lipinski definition) is 2. The van der Waals surface area contributed by atoms with Gasteiger partial charge >= 0.3 is 6.18 Å². The van der Waals surface area contributed by atoms with E-state index in [1.54, 1.807) is 24.3 Å². The van der Waals surface area contributed by atoms with Crippen molar-refractivity contribution in [3.8, 4) is 22.9 Å². The first kappa shape index (κ1) is 27.1. The van der Waals surface area contributed by atoms with Crippen LogP contribution in [0.4, 0.5) is 24.5 Å². The minimum absolute atomic E-state index is 0.0559. The lowest BCUT2D eigenvalue weighted by molar-refractivity contribution is -0.158. The van der Waals surface area contributed by atoms with E-state index in [2.05, 4.69) is 15.5 Å². The summed E-state index contributed by atoms with van der Waals surface area (Å²) in [7, 11) is -2.32. The van der Waals surface area contributed by atoms with Crippen LogP contribution in [0.3, 0.4) is 0 Å². The van der Waals surface area contributed by atoms with Crippen molar-refractivity contribution < 1.29 is 26.0 Å². The lowest BCUT2D eigenvalue weighted by Crippen LogP contribution is -2.34. The summed E-state index contributed by atoms with van der Waals surface area (Å²) in [4.78, 5) is 0. The number of nitrogens with zero attached hydrogens (tertiary/aromatic N) is 3. The molecule has 0 amide bonds. The van der Waals surface area contributed by atoms with Gasteiger partial charge in [0.05, 0.1) is 17.5 Å². The molecule has 3 aromatic carbocycles. The summed E-state index contributed by atoms with van der Waals surface area (Å²) in [6, 6.07) is 15.5. The number of nitrogen functional groups attached to an aromatic ring is 1. The number of benzene rings is 3. The SMILES string of the molecule is Cc1ccc(-c2nnc(-c3cc(CN[C@H](c4ccccc4)C(F)(F)F)cc(N(C)S(C)(=O)=O)c3)o2)c(N)c1. The standard InChI is InChI=1S/C26H26F3N5O3S/c1-16-9-10-21(22(30)11-16)25-33-32-24(37-25)19-12-17(13-20(14-19)34(2)38(3,35)36)15-31-23(26(27,28)29)18-7-5-4-6-8-18/h4-14,23,31H,15,30H2,1-3H3/t23-/m1/s1. The molecule has 4 aromatic rings. The number of halogens is 3. The average molecular weight is 546 g/mol. The molecule has 0 spiro atoms. The molecule has 4 rings (SSSR count). The van der Waals surface area contributed by atoms with Gasteiger partial charge in [0, 0.05) is 24.8 Å². The second-order valence-electron chi connectivity index (χ2n) is 8.89. The van der Waals surface area contributed by atoms with Crippen LogP contribution < -0.4 is 15.4 Å². The number of nitrogens with two attached hydrogens (primary N) is 1. The molecule has 0 fully saturated rings. The summed E-state index contributed by atoms with van der Waals surface area (Å²) in [6.07, 6.45) is -3.53. The Bertz CT molecular complexity index is 1540. The fraction of sp³-hybridized carbons (Fsp3) is 0.231. The third kappa shape index (κ3) is 6.14. The van der Waals surface area contributed by atoms with Crippen molar-refractivity contribution in [1.82, 2.24) is 15.5 Å². The number of anilines is 2. The zero-order chi connectivity index (χ0) is 27.7. The van der Waals surface area contributed by atoms with Crippen LogP contribution in [0.25, 0.3) is 22.9 Å². The Morgan fingerprint density at radius 1 is 1.03 bits per heavy atom. The van der Waals surface area contributed by atoms with Gasteiger partial charge in [0.1, 0.15) is 6.04 Å². The number of rotatable bonds is 8. The van der Waals surface area contributed by atoms with Gasteiger partial charge in [-0.2, -0.15) is 13.2 Å². The van der Waals surface area contributed by atoms with E-state index in [0.29, 0.717) is 22.4 Å². The second-order valence-corrected chi connectivity index (χ2v) is 10.9. The molecule has 38 heavy (non-hydrogen) atoms. The molecular weight excluding hydrogens is 519 g/mol. The van der Waals surface area contributed by atoms with Crippen molar-refractivity contribution in [3.63, 3.8) is 0 Å². The maximum absolute atomic E-state index is 13.8. The molecule has 0 unspecified atom stereocenters. The predicted molar refractivity (Wildman–Crippen MR) is 140 cm³/mol. The van der Waals surface area contributed by atoms with Gasteiger partial charge in [-0.3, -0.25) is 9.62 Å². The molecule has 12 heteroatoms. The molecule has 0 aliphatic heterocycles. The van der Waals surface area contributed by atoms with E-state index in [9.17, 15) is 21.6 Å². The molecule has 0 saturated heterocycles. The van der Waals surface area contributed by atoms with Crippen LogP contribution in [0.2, 0.25) is 0 Å². The van der Waals surface area contributed by atoms with Crippen LogP contribution in [0, 0.1) is 6.92 Å². The quantitative estimate of drug-likeness (QED) is 0.297. The smallest absolute Gasteiger partial charge is 0.407 e. The van der Waals surface area contributed by atoms with Crippen LogP contribution in [0.1, 0.15) is 22.7 Å². The van der Waals surface area contributed by atoms with Crippen molar-refractivity contribution in [2.75, 3.05) is 23.3 Å². The van der Waals surface area contributed by atoms with Crippen LogP contribution in [-0.2, 0) is 16.6 Å². The molecule has 1 aromatic heterocycles. The summed E-state index contributed by atoms with van der Waals surface area (Å²) >= 11 is 0. The molecule has 1 heterocycles. The van der Waals surface area contributed by atoms with Crippen molar-refractivity contribution in [2.24, 2.45) is 0 Å². The van der Waals surface area contributed by atoms with Crippen molar-refractivity contribution >= 4 is 21.4 Å². The van der Waals surface area contributed by atoms with E-state index in [1.807, 2.05) is 13.0 Å². The molecule has 0 saturated carbocycles. The van der Waals surface area contributed by atoms with E-state index >= 15 is 0 Å². The number of sulfonamides is 1. The van der Waals surface area contributed by atoms with Gasteiger partial charge in [-0.15, -0.1) is 10.2 Å². The zero-order valence-corrected chi connectivity index (χ0v) is 21.6. The summed E-state index contributed by atoms with van der Waals surface area (Å²) in [5.41, 5.74) is 9.00. The first-order valence-electron chi connectivity index (χ1n) is 11.5. The first-order valence-corrected chi connectivity index (χ1v) is 13.3. The first-order chi connectivity index (χ1) is 17.8. The lowest BCUT2D eigenvalue weighted by atomic mass is 10.0. The average Bonchev–Trinajstić information content (AvgIpc) is 3.33. The number of alkyl halides is 3. The third-order valence-corrected chi connectivity index (χ3v) is 7.12. The molecule has 0 bridgehead atoms. The highest BCUT2D eigenvalue weighted by Crippen LogP contribution is 2.34. The van der Waals surface area contributed by atoms with Crippen LogP contribution in [0.15, 0.2) is 71.1 Å². The fourth-order valence-electron chi connectivity index (χ4n) is 3.89. The van der Waals surface area contributed by atoms with E-state index in [0.717, 1.165) is 16.1 Å². The highest BCUT2D eigenvalue weighted by Gasteiger charge is 2.40. The van der Waals surface area contributed by atoms with Gasteiger partial charge in [0.2, 0.25) is 21.8 Å². The summed E-state index contributed by atoms with van der Waals surface area (Å²) in [6.45, 7) is 1.67. The van der Waals surface area contributed by atoms with Crippen molar-refractivity contribution in [2.45, 2.75) is 25.7 Å². The zero-order valence-electron chi connectivity index (χ0n) is 20.8. The molecule has 0 aliphatic carbocycles. The molecule has 3 N–H and O–H groups in total. The van der Waals surface area contributed by atoms with Crippen LogP contribution >= 0.6 is 0 Å². The molecular formula is C26H26F3N5O3S. The Labute approximate surface area is 218 Å². The van der Waals surface area contributed by atoms with E-state index in [1.165, 1.54) is 43.4 Å². The third-order valence-electron chi connectivity index (χ3n) is 5.92. The van der Waals surface area contributed by atoms with Crippen molar-refractivity contribution in [3.05, 3.63) is 83.4 Å². The molecule has 0 aliphatic rings. The van der Waals surface area contributed by atoms with Gasteiger partial charge in [-0.25, -0.2) is 8.42 Å². The fourth-order valence-corrected chi connectivity index (χ4v) is 4.37. The monoisotopic (exact) mass is 545 g/mol. The predicted octanol–water partition coefficient (Wildman–Crippen LogP) is 5.08. The van der Waals surface area contributed by atoms with E-state index in [4.69, 9.17) is 10.2 Å². The summed E-state index contributed by atoms with van der Waals surface area (Å²) < 4.78 is 72.8. The highest BCUT2D eigenvalue weighted by atomic mass is 32.2. The largest absolute Gasteiger partial charge is 0.416 e. The number of aryl methyl sites for hydroxylation is 1. The Morgan fingerprint density at radius 2 is 1.71 bits per heavy atom. The number of hydrogen-bond acceptors (Lipinski definition) is 7. The minimum Gasteiger partial charge on any atom is -0.416 e. The van der Waals surface area contributed by atoms with Crippen LogP contribution in [0.5, 0.6) is 0 Å². The molecule has 0 radical (unpaired) electrons. The maximum atomic E-state index is 13.8. The highest BCUT2D eigenvalue weighted by molar-refractivity contribution is 7.92. The van der Waals surface area contributed by atoms with E-state index in [-0.39, 0.29) is 29.6 Å². The molecule has 1 atom stereocenters. The van der Waals surface area contributed by atoms with Gasteiger partial charge in [0.25, 0.3) is 0 Å². The van der Waals surface area contributed by atoms with Gasteiger partial charge < -0.3 is 10.2 Å². The van der Waals surface area contributed by atoms with E-state index < -0.39 is 22.2 Å². The van der Waals surface area contributed by atoms with Crippen LogP contribution in [-0.4, -0.2) is 38.1 Å². The Balaban J connectivity index is 1.71. The second kappa shape index (κ2) is 10.5. The summed E-state index contributed by atoms with van der Waals surface area (Å²) in [5.74, 6) is 0.209. The minimum atomic E-state index is -4.55. The Hall–Kier alpha value is -3.90.